The topological polar surface area (TPSA) is 3.24 Å². The van der Waals surface area contributed by atoms with E-state index in [4.69, 9.17) is 23.2 Å². The van der Waals surface area contributed by atoms with Crippen molar-refractivity contribution in [2.75, 3.05) is 10.2 Å². The fraction of sp³-hybridized carbons (Fsp3) is 0.0526. The van der Waals surface area contributed by atoms with Gasteiger partial charge < -0.3 is 4.90 Å². The molecule has 0 bridgehead atoms. The lowest BCUT2D eigenvalue weighted by Gasteiger charge is -2.25. The number of alkyl halides is 2. The highest BCUT2D eigenvalue weighted by Gasteiger charge is 2.10. The average Bonchev–Trinajstić information content (AvgIpc) is 2.59. The van der Waals surface area contributed by atoms with Crippen molar-refractivity contribution in [2.45, 2.75) is 0 Å². The average molecular weight is 330 g/mol. The highest BCUT2D eigenvalue weighted by molar-refractivity contribution is 6.40. The molecule has 22 heavy (non-hydrogen) atoms. The van der Waals surface area contributed by atoms with Crippen LogP contribution in [0, 0.1) is 0 Å². The van der Waals surface area contributed by atoms with Crippen molar-refractivity contribution < 1.29 is 0 Å². The Balaban J connectivity index is 0.000000545. The number of nitrogens with zero attached hydrogens (tertiary/aromatic N) is 1. The summed E-state index contributed by atoms with van der Waals surface area (Å²) in [5, 5.41) is 0.194. The van der Waals surface area contributed by atoms with Crippen molar-refractivity contribution in [3.63, 3.8) is 0 Å². The molecule has 0 amide bonds. The Bertz CT molecular complexity index is 548. The van der Waals surface area contributed by atoms with E-state index in [2.05, 4.69) is 77.7 Å². The first-order chi connectivity index (χ1) is 10.9. The molecule has 0 aliphatic carbocycles. The minimum atomic E-state index is 0.194. The number of halogens is 2. The molecule has 3 rings (SSSR count). The summed E-state index contributed by atoms with van der Waals surface area (Å²) in [4.78, 5) is 2.25. The quantitative estimate of drug-likeness (QED) is 0.490. The van der Waals surface area contributed by atoms with Gasteiger partial charge >= 0.3 is 0 Å². The van der Waals surface area contributed by atoms with Gasteiger partial charge in [0, 0.05) is 17.1 Å². The van der Waals surface area contributed by atoms with E-state index in [0.29, 0.717) is 0 Å². The van der Waals surface area contributed by atoms with E-state index in [1.165, 1.54) is 17.1 Å². The van der Waals surface area contributed by atoms with Crippen molar-refractivity contribution >= 4 is 40.3 Å². The molecule has 3 aromatic rings. The Hall–Kier alpha value is -1.96. The molecule has 0 radical (unpaired) electrons. The molecule has 112 valence electrons. The lowest BCUT2D eigenvalue weighted by molar-refractivity contribution is 1.28. The first-order valence-corrected chi connectivity index (χ1v) is 8.01. The number of hydrogen-bond acceptors (Lipinski definition) is 1. The Morgan fingerprint density at radius 3 is 0.955 bits per heavy atom. The van der Waals surface area contributed by atoms with E-state index in [1.54, 1.807) is 0 Å². The predicted octanol–water partition coefficient (Wildman–Crippen LogP) is 6.58. The Kier molecular flexibility index (Phi) is 6.82. The van der Waals surface area contributed by atoms with Gasteiger partial charge in [-0.05, 0) is 36.4 Å². The van der Waals surface area contributed by atoms with Gasteiger partial charge in [-0.2, -0.15) is 0 Å². The standard InChI is InChI=1S/C18H15N.CH2Cl2/c1-4-10-16(11-5-1)19(17-12-6-2-7-13-17)18-14-8-3-9-15-18;2-1-3/h1-15H;1H2. The summed E-state index contributed by atoms with van der Waals surface area (Å²) in [6.45, 7) is 0. The van der Waals surface area contributed by atoms with Crippen LogP contribution in [0.1, 0.15) is 0 Å². The van der Waals surface area contributed by atoms with Crippen LogP contribution < -0.4 is 4.90 Å². The van der Waals surface area contributed by atoms with E-state index in [-0.39, 0.29) is 5.34 Å². The van der Waals surface area contributed by atoms with Crippen LogP contribution in [-0.2, 0) is 0 Å². The lowest BCUT2D eigenvalue weighted by Crippen LogP contribution is -2.09. The Labute approximate surface area is 141 Å². The smallest absolute Gasteiger partial charge is 0.0967 e. The van der Waals surface area contributed by atoms with Crippen molar-refractivity contribution in [3.05, 3.63) is 91.0 Å². The van der Waals surface area contributed by atoms with Crippen LogP contribution in [-0.4, -0.2) is 5.34 Å². The van der Waals surface area contributed by atoms with Crippen molar-refractivity contribution in [2.24, 2.45) is 0 Å². The fourth-order valence-corrected chi connectivity index (χ4v) is 2.18. The minimum absolute atomic E-state index is 0.194. The minimum Gasteiger partial charge on any atom is -0.311 e. The lowest BCUT2D eigenvalue weighted by atomic mass is 10.2. The van der Waals surface area contributed by atoms with Gasteiger partial charge in [0.05, 0.1) is 5.34 Å². The van der Waals surface area contributed by atoms with Gasteiger partial charge in [-0.3, -0.25) is 0 Å². The molecule has 3 aromatic carbocycles. The summed E-state index contributed by atoms with van der Waals surface area (Å²) in [7, 11) is 0. The maximum Gasteiger partial charge on any atom is 0.0967 e. The second-order valence-electron chi connectivity index (χ2n) is 4.44. The monoisotopic (exact) mass is 329 g/mol. The fourth-order valence-electron chi connectivity index (χ4n) is 2.18. The zero-order chi connectivity index (χ0) is 15.6. The summed E-state index contributed by atoms with van der Waals surface area (Å²) in [5.41, 5.74) is 3.50. The van der Waals surface area contributed by atoms with Crippen LogP contribution in [0.3, 0.4) is 0 Å². The largest absolute Gasteiger partial charge is 0.311 e. The third-order valence-corrected chi connectivity index (χ3v) is 3.04. The Morgan fingerprint density at radius 2 is 0.727 bits per heavy atom. The number of rotatable bonds is 3. The first kappa shape index (κ1) is 16.4. The van der Waals surface area contributed by atoms with E-state index in [1.807, 2.05) is 18.2 Å². The van der Waals surface area contributed by atoms with Gasteiger partial charge in [0.1, 0.15) is 0 Å². The molecule has 3 heteroatoms. The van der Waals surface area contributed by atoms with Gasteiger partial charge in [-0.15, -0.1) is 23.2 Å². The van der Waals surface area contributed by atoms with E-state index < -0.39 is 0 Å². The highest BCUT2D eigenvalue weighted by Crippen LogP contribution is 2.33. The Morgan fingerprint density at radius 1 is 0.500 bits per heavy atom. The predicted molar refractivity (Wildman–Crippen MR) is 97.7 cm³/mol. The second-order valence-corrected chi connectivity index (χ2v) is 5.25. The number of para-hydroxylation sites is 3. The van der Waals surface area contributed by atoms with Gasteiger partial charge in [-0.1, -0.05) is 54.6 Å². The number of anilines is 3. The molecule has 0 aliphatic rings. The summed E-state index contributed by atoms with van der Waals surface area (Å²) in [6, 6.07) is 31.3. The molecule has 0 aromatic heterocycles. The summed E-state index contributed by atoms with van der Waals surface area (Å²) in [6.07, 6.45) is 0. The van der Waals surface area contributed by atoms with E-state index in [0.717, 1.165) is 0 Å². The molecule has 0 aliphatic heterocycles. The zero-order valence-electron chi connectivity index (χ0n) is 12.1. The normalized spacial score (nSPS) is 9.55. The van der Waals surface area contributed by atoms with E-state index in [9.17, 15) is 0 Å². The van der Waals surface area contributed by atoms with Gasteiger partial charge in [0.25, 0.3) is 0 Å². The second kappa shape index (κ2) is 9.14. The van der Waals surface area contributed by atoms with Crippen molar-refractivity contribution in [1.29, 1.82) is 0 Å². The maximum atomic E-state index is 4.76. The van der Waals surface area contributed by atoms with Crippen LogP contribution >= 0.6 is 23.2 Å². The molecular formula is C19H17Cl2N. The van der Waals surface area contributed by atoms with Crippen LogP contribution in [0.15, 0.2) is 91.0 Å². The molecule has 0 heterocycles. The van der Waals surface area contributed by atoms with Gasteiger partial charge in [0.15, 0.2) is 0 Å². The summed E-state index contributed by atoms with van der Waals surface area (Å²) >= 11 is 9.53. The molecular weight excluding hydrogens is 313 g/mol. The molecule has 0 saturated carbocycles. The third-order valence-electron chi connectivity index (χ3n) is 3.04. The third kappa shape index (κ3) is 4.52. The van der Waals surface area contributed by atoms with Crippen LogP contribution in [0.5, 0.6) is 0 Å². The molecule has 1 nitrogen and oxygen atoms in total. The molecule has 0 saturated heterocycles. The summed E-state index contributed by atoms with van der Waals surface area (Å²) in [5.74, 6) is 0. The number of benzene rings is 3. The first-order valence-electron chi connectivity index (χ1n) is 6.94. The zero-order valence-corrected chi connectivity index (χ0v) is 13.6. The van der Waals surface area contributed by atoms with Crippen LogP contribution in [0.2, 0.25) is 0 Å². The van der Waals surface area contributed by atoms with E-state index >= 15 is 0 Å². The van der Waals surface area contributed by atoms with Gasteiger partial charge in [0.2, 0.25) is 0 Å². The molecule has 0 spiro atoms. The number of hydrogen-bond donors (Lipinski definition) is 0. The van der Waals surface area contributed by atoms with Crippen molar-refractivity contribution in [1.82, 2.24) is 0 Å². The SMILES string of the molecule is ClCCl.c1ccc(N(c2ccccc2)c2ccccc2)cc1. The van der Waals surface area contributed by atoms with Gasteiger partial charge in [-0.25, -0.2) is 0 Å². The van der Waals surface area contributed by atoms with Crippen LogP contribution in [0.4, 0.5) is 17.1 Å². The van der Waals surface area contributed by atoms with Crippen LogP contribution in [0.25, 0.3) is 0 Å². The molecule has 0 atom stereocenters. The molecule has 0 N–H and O–H groups in total. The molecule has 0 unspecified atom stereocenters. The van der Waals surface area contributed by atoms with Crippen molar-refractivity contribution in [3.8, 4) is 0 Å². The summed E-state index contributed by atoms with van der Waals surface area (Å²) < 4.78 is 0. The maximum absolute atomic E-state index is 4.76. The molecule has 0 fully saturated rings. The highest BCUT2D eigenvalue weighted by atomic mass is 35.5.